The summed E-state index contributed by atoms with van der Waals surface area (Å²) >= 11 is 0. The van der Waals surface area contributed by atoms with Gasteiger partial charge in [0.1, 0.15) is 4.90 Å². The summed E-state index contributed by atoms with van der Waals surface area (Å²) in [5.74, 6) is -0.00551. The van der Waals surface area contributed by atoms with Crippen LogP contribution in [-0.4, -0.2) is 33.6 Å². The minimum absolute atomic E-state index is 0.00551. The molecule has 0 spiro atoms. The predicted octanol–water partition coefficient (Wildman–Crippen LogP) is 0.738. The molecule has 0 aromatic heterocycles. The van der Waals surface area contributed by atoms with Crippen LogP contribution in [0.1, 0.15) is 6.92 Å². The first-order chi connectivity index (χ1) is 9.27. The van der Waals surface area contributed by atoms with Gasteiger partial charge in [-0.25, -0.2) is 13.1 Å². The molecular formula is C11H17N3O5S. The minimum Gasteiger partial charge on any atom is -0.397 e. The van der Waals surface area contributed by atoms with Crippen molar-refractivity contribution in [3.8, 4) is 0 Å². The second kappa shape index (κ2) is 6.64. The Kier molecular flexibility index (Phi) is 5.43. The molecule has 1 atom stereocenters. The number of benzene rings is 1. The molecule has 0 saturated heterocycles. The molecule has 0 aliphatic rings. The maximum atomic E-state index is 12.0. The van der Waals surface area contributed by atoms with Crippen LogP contribution in [0.3, 0.4) is 0 Å². The Balaban J connectivity index is 2.90. The Hall–Kier alpha value is -1.71. The molecule has 112 valence electrons. The fraction of sp³-hybridized carbons (Fsp3) is 0.455. The van der Waals surface area contributed by atoms with Gasteiger partial charge in [-0.05, 0) is 12.0 Å². The van der Waals surface area contributed by atoms with E-state index in [0.29, 0.717) is 6.61 Å². The van der Waals surface area contributed by atoms with Crippen LogP contribution in [0.25, 0.3) is 0 Å². The van der Waals surface area contributed by atoms with Crippen molar-refractivity contribution in [1.29, 1.82) is 0 Å². The van der Waals surface area contributed by atoms with E-state index in [-0.39, 0.29) is 28.7 Å². The number of rotatable bonds is 7. The van der Waals surface area contributed by atoms with Crippen LogP contribution in [-0.2, 0) is 14.8 Å². The molecule has 0 fully saturated rings. The lowest BCUT2D eigenvalue weighted by molar-refractivity contribution is -0.384. The van der Waals surface area contributed by atoms with E-state index < -0.39 is 14.9 Å². The topological polar surface area (TPSA) is 125 Å². The summed E-state index contributed by atoms with van der Waals surface area (Å²) in [5, 5.41) is 10.6. The van der Waals surface area contributed by atoms with E-state index in [4.69, 9.17) is 10.5 Å². The molecule has 0 aliphatic carbocycles. The van der Waals surface area contributed by atoms with Crippen molar-refractivity contribution in [3.63, 3.8) is 0 Å². The summed E-state index contributed by atoms with van der Waals surface area (Å²) in [4.78, 5) is 9.76. The first kappa shape index (κ1) is 16.3. The molecule has 1 rings (SSSR count). The number of methoxy groups -OCH3 is 1. The van der Waals surface area contributed by atoms with Gasteiger partial charge in [-0.1, -0.05) is 6.92 Å². The monoisotopic (exact) mass is 303 g/mol. The minimum atomic E-state index is -3.80. The summed E-state index contributed by atoms with van der Waals surface area (Å²) in [7, 11) is -2.27. The smallest absolute Gasteiger partial charge is 0.271 e. The second-order valence-electron chi connectivity index (χ2n) is 4.39. The average Bonchev–Trinajstić information content (AvgIpc) is 2.36. The van der Waals surface area contributed by atoms with Gasteiger partial charge in [0.2, 0.25) is 10.0 Å². The van der Waals surface area contributed by atoms with Crippen LogP contribution in [0.2, 0.25) is 0 Å². The zero-order valence-electron chi connectivity index (χ0n) is 11.2. The highest BCUT2D eigenvalue weighted by Crippen LogP contribution is 2.23. The molecule has 0 saturated carbocycles. The van der Waals surface area contributed by atoms with E-state index in [9.17, 15) is 18.5 Å². The predicted molar refractivity (Wildman–Crippen MR) is 73.7 cm³/mol. The van der Waals surface area contributed by atoms with Gasteiger partial charge in [0, 0.05) is 32.4 Å². The third-order valence-corrected chi connectivity index (χ3v) is 4.06. The molecule has 20 heavy (non-hydrogen) atoms. The number of non-ortho nitro benzene ring substituents is 1. The lowest BCUT2D eigenvalue weighted by Gasteiger charge is -2.13. The van der Waals surface area contributed by atoms with Crippen LogP contribution >= 0.6 is 0 Å². The van der Waals surface area contributed by atoms with Crippen molar-refractivity contribution in [2.45, 2.75) is 11.8 Å². The van der Waals surface area contributed by atoms with Crippen LogP contribution in [0, 0.1) is 16.0 Å². The van der Waals surface area contributed by atoms with Crippen LogP contribution < -0.4 is 10.5 Å². The molecule has 3 N–H and O–H groups in total. The van der Waals surface area contributed by atoms with Crippen molar-refractivity contribution in [1.82, 2.24) is 4.72 Å². The number of nitrogen functional groups attached to an aromatic ring is 1. The first-order valence-electron chi connectivity index (χ1n) is 5.80. The molecule has 9 heteroatoms. The Bertz CT molecular complexity index is 588. The molecule has 8 nitrogen and oxygen atoms in total. The Morgan fingerprint density at radius 3 is 2.65 bits per heavy atom. The molecule has 0 heterocycles. The summed E-state index contributed by atoms with van der Waals surface area (Å²) < 4.78 is 31.4. The number of ether oxygens (including phenoxy) is 1. The number of nitrogens with one attached hydrogen (secondary N) is 1. The molecular weight excluding hydrogens is 286 g/mol. The van der Waals surface area contributed by atoms with E-state index in [2.05, 4.69) is 4.72 Å². The normalized spacial score (nSPS) is 13.1. The van der Waals surface area contributed by atoms with Gasteiger partial charge in [0.15, 0.2) is 0 Å². The lowest BCUT2D eigenvalue weighted by atomic mass is 10.2. The first-order valence-corrected chi connectivity index (χ1v) is 7.28. The lowest BCUT2D eigenvalue weighted by Crippen LogP contribution is -2.30. The number of hydrogen-bond acceptors (Lipinski definition) is 6. The van der Waals surface area contributed by atoms with Crippen molar-refractivity contribution in [3.05, 3.63) is 28.3 Å². The zero-order chi connectivity index (χ0) is 15.3. The number of hydrogen-bond donors (Lipinski definition) is 2. The number of nitrogens with zero attached hydrogens (tertiary/aromatic N) is 1. The molecule has 1 aromatic carbocycles. The summed E-state index contributed by atoms with van der Waals surface area (Å²) in [5.41, 5.74) is 5.15. The maximum Gasteiger partial charge on any atom is 0.271 e. The average molecular weight is 303 g/mol. The molecule has 0 amide bonds. The zero-order valence-corrected chi connectivity index (χ0v) is 12.0. The number of nitro benzene ring substituents is 1. The highest BCUT2D eigenvalue weighted by Gasteiger charge is 2.20. The van der Waals surface area contributed by atoms with Crippen LogP contribution in [0.5, 0.6) is 0 Å². The van der Waals surface area contributed by atoms with Crippen molar-refractivity contribution in [2.24, 2.45) is 5.92 Å². The number of nitrogens with two attached hydrogens (primary N) is 1. The van der Waals surface area contributed by atoms with Crippen molar-refractivity contribution < 1.29 is 18.1 Å². The highest BCUT2D eigenvalue weighted by atomic mass is 32.2. The van der Waals surface area contributed by atoms with E-state index in [0.717, 1.165) is 18.2 Å². The van der Waals surface area contributed by atoms with Gasteiger partial charge < -0.3 is 10.5 Å². The van der Waals surface area contributed by atoms with E-state index in [1.54, 1.807) is 0 Å². The SMILES string of the molecule is COCC(C)CNS(=O)(=O)c1ccc([N+](=O)[O-])cc1N. The van der Waals surface area contributed by atoms with Gasteiger partial charge in [-0.3, -0.25) is 10.1 Å². The summed E-state index contributed by atoms with van der Waals surface area (Å²) in [6.45, 7) is 2.43. The van der Waals surface area contributed by atoms with Gasteiger partial charge in [-0.15, -0.1) is 0 Å². The molecule has 0 aliphatic heterocycles. The van der Waals surface area contributed by atoms with E-state index in [1.165, 1.54) is 7.11 Å². The quantitative estimate of drug-likeness (QED) is 0.435. The summed E-state index contributed by atoms with van der Waals surface area (Å²) in [6.07, 6.45) is 0. The van der Waals surface area contributed by atoms with Gasteiger partial charge in [0.05, 0.1) is 10.6 Å². The largest absolute Gasteiger partial charge is 0.397 e. The van der Waals surface area contributed by atoms with Crippen molar-refractivity contribution in [2.75, 3.05) is 26.0 Å². The fourth-order valence-corrected chi connectivity index (χ4v) is 2.84. The van der Waals surface area contributed by atoms with Gasteiger partial charge >= 0.3 is 0 Å². The number of anilines is 1. The molecule has 0 radical (unpaired) electrons. The van der Waals surface area contributed by atoms with Gasteiger partial charge in [0.25, 0.3) is 5.69 Å². The Morgan fingerprint density at radius 1 is 1.50 bits per heavy atom. The molecule has 0 bridgehead atoms. The fourth-order valence-electron chi connectivity index (χ4n) is 1.57. The molecule has 1 aromatic rings. The van der Waals surface area contributed by atoms with Gasteiger partial charge in [-0.2, -0.15) is 0 Å². The second-order valence-corrected chi connectivity index (χ2v) is 6.13. The highest BCUT2D eigenvalue weighted by molar-refractivity contribution is 7.89. The Morgan fingerprint density at radius 2 is 2.15 bits per heavy atom. The third-order valence-electron chi connectivity index (χ3n) is 2.57. The standard InChI is InChI=1S/C11H17N3O5S/c1-8(7-19-2)6-13-20(17,18)11-4-3-9(14(15)16)5-10(11)12/h3-5,8,13H,6-7,12H2,1-2H3. The molecule has 1 unspecified atom stereocenters. The van der Waals surface area contributed by atoms with E-state index in [1.807, 2.05) is 6.92 Å². The maximum absolute atomic E-state index is 12.0. The Labute approximate surface area is 117 Å². The van der Waals surface area contributed by atoms with Crippen LogP contribution in [0.15, 0.2) is 23.1 Å². The number of sulfonamides is 1. The van der Waals surface area contributed by atoms with Crippen LogP contribution in [0.4, 0.5) is 11.4 Å². The van der Waals surface area contributed by atoms with Crippen molar-refractivity contribution >= 4 is 21.4 Å². The summed E-state index contributed by atoms with van der Waals surface area (Å²) in [6, 6.07) is 3.24. The number of nitro groups is 1. The van der Waals surface area contributed by atoms with E-state index >= 15 is 0 Å². The third kappa shape index (κ3) is 4.15.